The average Bonchev–Trinajstić information content (AvgIpc) is 2.55. The Labute approximate surface area is 127 Å². The van der Waals surface area contributed by atoms with Crippen LogP contribution in [-0.4, -0.2) is 36.8 Å². The Bertz CT molecular complexity index is 445. The van der Waals surface area contributed by atoms with Crippen LogP contribution in [0.3, 0.4) is 0 Å². The lowest BCUT2D eigenvalue weighted by Crippen LogP contribution is -2.43. The van der Waals surface area contributed by atoms with Crippen LogP contribution in [0.25, 0.3) is 0 Å². The lowest BCUT2D eigenvalue weighted by Gasteiger charge is -2.41. The van der Waals surface area contributed by atoms with E-state index < -0.39 is 6.10 Å². The third kappa shape index (κ3) is 3.58. The van der Waals surface area contributed by atoms with E-state index in [1.807, 2.05) is 24.3 Å². The molecule has 116 valence electrons. The van der Waals surface area contributed by atoms with Crippen molar-refractivity contribution in [1.29, 1.82) is 0 Å². The zero-order valence-electron chi connectivity index (χ0n) is 13.0. The summed E-state index contributed by atoms with van der Waals surface area (Å²) in [7, 11) is 1.67. The minimum absolute atomic E-state index is 0.393. The average molecular weight is 289 g/mol. The summed E-state index contributed by atoms with van der Waals surface area (Å²) in [6, 6.07) is 7.78. The van der Waals surface area contributed by atoms with E-state index in [9.17, 15) is 5.11 Å². The summed E-state index contributed by atoms with van der Waals surface area (Å²) in [6.07, 6.45) is 6.57. The molecule has 2 aliphatic rings. The van der Waals surface area contributed by atoms with Crippen molar-refractivity contribution in [1.82, 2.24) is 4.90 Å². The molecule has 1 saturated carbocycles. The highest BCUT2D eigenvalue weighted by atomic mass is 16.5. The number of aliphatic hydroxyl groups is 1. The Morgan fingerprint density at radius 1 is 1.14 bits per heavy atom. The van der Waals surface area contributed by atoms with Crippen molar-refractivity contribution in [3.8, 4) is 5.75 Å². The summed E-state index contributed by atoms with van der Waals surface area (Å²) in [4.78, 5) is 2.46. The van der Waals surface area contributed by atoms with Crippen LogP contribution in [-0.2, 0) is 0 Å². The lowest BCUT2D eigenvalue weighted by atomic mass is 9.75. The normalized spacial score (nSPS) is 27.9. The van der Waals surface area contributed by atoms with E-state index in [1.54, 1.807) is 7.11 Å². The fraction of sp³-hybridized carbons (Fsp3) is 0.667. The van der Waals surface area contributed by atoms with Crippen molar-refractivity contribution in [2.24, 2.45) is 11.8 Å². The summed E-state index contributed by atoms with van der Waals surface area (Å²) in [5, 5.41) is 10.4. The molecule has 1 heterocycles. The van der Waals surface area contributed by atoms with Gasteiger partial charge in [0.2, 0.25) is 0 Å². The molecule has 1 aliphatic heterocycles. The van der Waals surface area contributed by atoms with Crippen molar-refractivity contribution in [2.75, 3.05) is 26.7 Å². The minimum Gasteiger partial charge on any atom is -0.497 e. The number of ether oxygens (including phenoxy) is 1. The maximum absolute atomic E-state index is 10.4. The first-order valence-electron chi connectivity index (χ1n) is 8.30. The number of likely N-dealkylation sites (tertiary alicyclic amines) is 1. The van der Waals surface area contributed by atoms with Crippen LogP contribution in [0.2, 0.25) is 0 Å². The van der Waals surface area contributed by atoms with Crippen LogP contribution in [0, 0.1) is 11.8 Å². The number of fused-ring (bicyclic) bond motifs is 1. The number of hydrogen-bond donors (Lipinski definition) is 1. The molecule has 1 aliphatic carbocycles. The molecule has 3 rings (SSSR count). The highest BCUT2D eigenvalue weighted by molar-refractivity contribution is 5.28. The van der Waals surface area contributed by atoms with Crippen molar-refractivity contribution < 1.29 is 9.84 Å². The van der Waals surface area contributed by atoms with Gasteiger partial charge in [0, 0.05) is 13.1 Å². The van der Waals surface area contributed by atoms with Crippen LogP contribution in [0.4, 0.5) is 0 Å². The largest absolute Gasteiger partial charge is 0.497 e. The SMILES string of the molecule is COc1ccc(C(O)CN2CCC3CCCCC3C2)cc1. The third-order valence-electron chi connectivity index (χ3n) is 5.31. The van der Waals surface area contributed by atoms with Gasteiger partial charge in [-0.15, -0.1) is 0 Å². The first-order chi connectivity index (χ1) is 10.3. The number of benzene rings is 1. The molecule has 0 aromatic heterocycles. The Morgan fingerprint density at radius 3 is 2.57 bits per heavy atom. The van der Waals surface area contributed by atoms with Gasteiger partial charge < -0.3 is 14.7 Å². The van der Waals surface area contributed by atoms with E-state index in [1.165, 1.54) is 38.6 Å². The second-order valence-electron chi connectivity index (χ2n) is 6.64. The molecule has 0 spiro atoms. The van der Waals surface area contributed by atoms with Crippen LogP contribution in [0.15, 0.2) is 24.3 Å². The van der Waals surface area contributed by atoms with Crippen molar-refractivity contribution in [3.05, 3.63) is 29.8 Å². The fourth-order valence-corrected chi connectivity index (χ4v) is 4.02. The molecule has 0 bridgehead atoms. The topological polar surface area (TPSA) is 32.7 Å². The lowest BCUT2D eigenvalue weighted by molar-refractivity contribution is 0.0459. The Hall–Kier alpha value is -1.06. The van der Waals surface area contributed by atoms with Gasteiger partial charge in [-0.1, -0.05) is 31.4 Å². The monoisotopic (exact) mass is 289 g/mol. The van der Waals surface area contributed by atoms with Gasteiger partial charge in [-0.25, -0.2) is 0 Å². The van der Waals surface area contributed by atoms with Gasteiger partial charge in [0.25, 0.3) is 0 Å². The zero-order valence-corrected chi connectivity index (χ0v) is 13.0. The molecule has 3 nitrogen and oxygen atoms in total. The molecule has 3 unspecified atom stereocenters. The molecule has 0 radical (unpaired) electrons. The Balaban J connectivity index is 1.55. The molecule has 3 heteroatoms. The smallest absolute Gasteiger partial charge is 0.118 e. The van der Waals surface area contributed by atoms with E-state index in [0.717, 1.165) is 36.2 Å². The van der Waals surface area contributed by atoms with Gasteiger partial charge in [0.05, 0.1) is 13.2 Å². The van der Waals surface area contributed by atoms with Crippen molar-refractivity contribution >= 4 is 0 Å². The Morgan fingerprint density at radius 2 is 1.86 bits per heavy atom. The molecule has 1 aromatic rings. The predicted molar refractivity (Wildman–Crippen MR) is 84.5 cm³/mol. The summed E-state index contributed by atoms with van der Waals surface area (Å²) in [6.45, 7) is 3.09. The molecule has 1 N–H and O–H groups in total. The number of hydrogen-bond acceptors (Lipinski definition) is 3. The fourth-order valence-electron chi connectivity index (χ4n) is 4.02. The van der Waals surface area contributed by atoms with E-state index in [-0.39, 0.29) is 0 Å². The predicted octanol–water partition coefficient (Wildman–Crippen LogP) is 3.24. The second kappa shape index (κ2) is 6.80. The summed E-state index contributed by atoms with van der Waals surface area (Å²) in [5.41, 5.74) is 0.988. The highest BCUT2D eigenvalue weighted by Crippen LogP contribution is 2.36. The minimum atomic E-state index is -0.393. The number of methoxy groups -OCH3 is 1. The highest BCUT2D eigenvalue weighted by Gasteiger charge is 2.31. The van der Waals surface area contributed by atoms with Gasteiger partial charge in [-0.3, -0.25) is 0 Å². The van der Waals surface area contributed by atoms with Crippen molar-refractivity contribution in [2.45, 2.75) is 38.2 Å². The number of rotatable bonds is 4. The van der Waals surface area contributed by atoms with Crippen LogP contribution in [0.5, 0.6) is 5.75 Å². The number of β-amino-alcohol motifs (C(OH)–C–C–N with tert-alkyl or cyclic N) is 1. The quantitative estimate of drug-likeness (QED) is 0.923. The standard InChI is InChI=1S/C18H27NO2/c1-21-17-8-6-15(7-9-17)18(20)13-19-11-10-14-4-2-3-5-16(14)12-19/h6-9,14,16,18,20H,2-5,10-13H2,1H3. The van der Waals surface area contributed by atoms with E-state index in [4.69, 9.17) is 4.74 Å². The van der Waals surface area contributed by atoms with Crippen molar-refractivity contribution in [3.63, 3.8) is 0 Å². The summed E-state index contributed by atoms with van der Waals surface area (Å²) >= 11 is 0. The zero-order chi connectivity index (χ0) is 14.7. The van der Waals surface area contributed by atoms with Gasteiger partial charge >= 0.3 is 0 Å². The molecule has 21 heavy (non-hydrogen) atoms. The van der Waals surface area contributed by atoms with E-state index in [0.29, 0.717) is 0 Å². The van der Waals surface area contributed by atoms with Gasteiger partial charge in [0.1, 0.15) is 5.75 Å². The van der Waals surface area contributed by atoms with Gasteiger partial charge in [0.15, 0.2) is 0 Å². The number of piperidine rings is 1. The van der Waals surface area contributed by atoms with Gasteiger partial charge in [-0.05, 0) is 48.9 Å². The second-order valence-corrected chi connectivity index (χ2v) is 6.64. The van der Waals surface area contributed by atoms with Crippen LogP contribution in [0.1, 0.15) is 43.8 Å². The first kappa shape index (κ1) is 14.9. The molecule has 0 amide bonds. The van der Waals surface area contributed by atoms with E-state index in [2.05, 4.69) is 4.90 Å². The third-order valence-corrected chi connectivity index (χ3v) is 5.31. The summed E-state index contributed by atoms with van der Waals surface area (Å²) in [5.74, 6) is 2.66. The van der Waals surface area contributed by atoms with Gasteiger partial charge in [-0.2, -0.15) is 0 Å². The molecular weight excluding hydrogens is 262 g/mol. The Kier molecular flexibility index (Phi) is 4.81. The molecule has 1 aromatic carbocycles. The molecular formula is C18H27NO2. The van der Waals surface area contributed by atoms with E-state index >= 15 is 0 Å². The maximum atomic E-state index is 10.4. The van der Waals surface area contributed by atoms with Crippen LogP contribution < -0.4 is 4.74 Å². The number of nitrogens with zero attached hydrogens (tertiary/aromatic N) is 1. The molecule has 1 saturated heterocycles. The maximum Gasteiger partial charge on any atom is 0.118 e. The number of aliphatic hydroxyl groups excluding tert-OH is 1. The van der Waals surface area contributed by atoms with Crippen LogP contribution >= 0.6 is 0 Å². The molecule has 2 fully saturated rings. The summed E-state index contributed by atoms with van der Waals surface area (Å²) < 4.78 is 5.17. The molecule has 3 atom stereocenters. The first-order valence-corrected chi connectivity index (χ1v) is 8.30.